The number of esters is 1. The molecule has 0 spiro atoms. The summed E-state index contributed by atoms with van der Waals surface area (Å²) in [6.45, 7) is 6.82. The maximum Gasteiger partial charge on any atom is 0.410 e. The van der Waals surface area contributed by atoms with Crippen molar-refractivity contribution < 1.29 is 19.1 Å². The number of hydrogen-bond acceptors (Lipinski definition) is 4. The lowest BCUT2D eigenvalue weighted by Crippen LogP contribution is -2.40. The number of fused-ring (bicyclic) bond motifs is 3. The molecule has 1 amide bonds. The lowest BCUT2D eigenvalue weighted by molar-refractivity contribution is -0.141. The highest BCUT2D eigenvalue weighted by atomic mass is 16.6. The highest BCUT2D eigenvalue weighted by molar-refractivity contribution is 5.87. The fraction of sp³-hybridized carbons (Fsp3) is 0.474. The SMILES string of the molecule is COC(=O)Cn1c2c(c3ccccc31)CN(C(=O)OC(C)(C)C)CC2. The summed E-state index contributed by atoms with van der Waals surface area (Å²) in [6, 6.07) is 7.94. The molecule has 0 fully saturated rings. The zero-order chi connectivity index (χ0) is 18.2. The predicted molar refractivity (Wildman–Crippen MR) is 94.3 cm³/mol. The number of rotatable bonds is 2. The van der Waals surface area contributed by atoms with E-state index in [0.717, 1.165) is 22.2 Å². The summed E-state index contributed by atoms with van der Waals surface area (Å²) < 4.78 is 12.3. The van der Waals surface area contributed by atoms with Gasteiger partial charge >= 0.3 is 12.1 Å². The van der Waals surface area contributed by atoms with Crippen LogP contribution in [-0.2, 0) is 33.8 Å². The van der Waals surface area contributed by atoms with Crippen LogP contribution in [0.3, 0.4) is 0 Å². The number of nitrogens with zero attached hydrogens (tertiary/aromatic N) is 2. The molecule has 2 aromatic rings. The molecule has 1 aromatic heterocycles. The third-order valence-corrected chi connectivity index (χ3v) is 4.33. The van der Waals surface area contributed by atoms with Crippen molar-refractivity contribution in [2.24, 2.45) is 0 Å². The van der Waals surface area contributed by atoms with Crippen LogP contribution in [0.4, 0.5) is 4.79 Å². The molecule has 0 aliphatic carbocycles. The van der Waals surface area contributed by atoms with Crippen molar-refractivity contribution in [3.8, 4) is 0 Å². The number of para-hydroxylation sites is 1. The second-order valence-electron chi connectivity index (χ2n) is 7.26. The number of methoxy groups -OCH3 is 1. The Bertz CT molecular complexity index is 817. The Morgan fingerprint density at radius 1 is 1.20 bits per heavy atom. The smallest absolute Gasteiger partial charge is 0.410 e. The van der Waals surface area contributed by atoms with Gasteiger partial charge in [-0.2, -0.15) is 0 Å². The van der Waals surface area contributed by atoms with E-state index in [2.05, 4.69) is 0 Å². The second-order valence-corrected chi connectivity index (χ2v) is 7.26. The van der Waals surface area contributed by atoms with Gasteiger partial charge in [0.25, 0.3) is 0 Å². The summed E-state index contributed by atoms with van der Waals surface area (Å²) in [5.41, 5.74) is 2.64. The van der Waals surface area contributed by atoms with Gasteiger partial charge in [0.05, 0.1) is 13.7 Å². The second kappa shape index (κ2) is 6.43. The van der Waals surface area contributed by atoms with Gasteiger partial charge in [-0.05, 0) is 26.8 Å². The van der Waals surface area contributed by atoms with Gasteiger partial charge in [0.15, 0.2) is 0 Å². The number of carbonyl (C=O) groups excluding carboxylic acids is 2. The molecule has 1 aliphatic heterocycles. The summed E-state index contributed by atoms with van der Waals surface area (Å²) in [6.07, 6.45) is 0.378. The standard InChI is InChI=1S/C19H24N2O4/c1-19(2,3)25-18(23)20-10-9-16-14(11-20)13-7-5-6-8-15(13)21(16)12-17(22)24-4/h5-8H,9-12H2,1-4H3. The van der Waals surface area contributed by atoms with Crippen molar-refractivity contribution in [1.82, 2.24) is 9.47 Å². The van der Waals surface area contributed by atoms with Crippen LogP contribution in [0.1, 0.15) is 32.0 Å². The molecule has 6 nitrogen and oxygen atoms in total. The molecule has 0 unspecified atom stereocenters. The summed E-state index contributed by atoms with van der Waals surface area (Å²) in [4.78, 5) is 25.9. The van der Waals surface area contributed by atoms with Crippen LogP contribution in [0.15, 0.2) is 24.3 Å². The van der Waals surface area contributed by atoms with E-state index in [-0.39, 0.29) is 18.6 Å². The molecule has 0 bridgehead atoms. The molecule has 0 N–H and O–H groups in total. The zero-order valence-electron chi connectivity index (χ0n) is 15.2. The van der Waals surface area contributed by atoms with E-state index in [9.17, 15) is 9.59 Å². The van der Waals surface area contributed by atoms with E-state index in [1.807, 2.05) is 49.6 Å². The fourth-order valence-electron chi connectivity index (χ4n) is 3.26. The van der Waals surface area contributed by atoms with Crippen molar-refractivity contribution in [2.45, 2.75) is 45.9 Å². The number of ether oxygens (including phenoxy) is 2. The number of benzene rings is 1. The van der Waals surface area contributed by atoms with E-state index >= 15 is 0 Å². The minimum absolute atomic E-state index is 0.179. The first-order valence-electron chi connectivity index (χ1n) is 8.44. The Morgan fingerprint density at radius 3 is 2.60 bits per heavy atom. The normalized spacial score (nSPS) is 14.3. The third-order valence-electron chi connectivity index (χ3n) is 4.33. The maximum absolute atomic E-state index is 12.4. The fourth-order valence-corrected chi connectivity index (χ4v) is 3.26. The first-order chi connectivity index (χ1) is 11.8. The predicted octanol–water partition coefficient (Wildman–Crippen LogP) is 3.11. The van der Waals surface area contributed by atoms with Gasteiger partial charge < -0.3 is 18.9 Å². The Morgan fingerprint density at radius 2 is 1.92 bits per heavy atom. The molecule has 3 rings (SSSR count). The molecule has 0 saturated heterocycles. The van der Waals surface area contributed by atoms with E-state index < -0.39 is 5.60 Å². The van der Waals surface area contributed by atoms with Gasteiger partial charge in [-0.3, -0.25) is 4.79 Å². The number of amides is 1. The highest BCUT2D eigenvalue weighted by Gasteiger charge is 2.29. The van der Waals surface area contributed by atoms with E-state index in [4.69, 9.17) is 9.47 Å². The Labute approximate surface area is 147 Å². The Hall–Kier alpha value is -2.50. The van der Waals surface area contributed by atoms with Crippen molar-refractivity contribution in [2.75, 3.05) is 13.7 Å². The summed E-state index contributed by atoms with van der Waals surface area (Å²) in [5, 5.41) is 1.06. The Kier molecular flexibility index (Phi) is 4.45. The molecule has 0 radical (unpaired) electrons. The molecule has 1 aromatic carbocycles. The van der Waals surface area contributed by atoms with E-state index in [1.54, 1.807) is 4.90 Å². The van der Waals surface area contributed by atoms with Gasteiger partial charge in [0.1, 0.15) is 12.1 Å². The third kappa shape index (κ3) is 3.48. The van der Waals surface area contributed by atoms with Crippen molar-refractivity contribution in [3.05, 3.63) is 35.5 Å². The highest BCUT2D eigenvalue weighted by Crippen LogP contribution is 2.31. The zero-order valence-corrected chi connectivity index (χ0v) is 15.2. The van der Waals surface area contributed by atoms with Crippen molar-refractivity contribution in [3.63, 3.8) is 0 Å². The van der Waals surface area contributed by atoms with Crippen LogP contribution < -0.4 is 0 Å². The Balaban J connectivity index is 1.96. The molecule has 0 atom stereocenters. The van der Waals surface area contributed by atoms with Gasteiger partial charge in [-0.25, -0.2) is 4.79 Å². The van der Waals surface area contributed by atoms with Crippen LogP contribution >= 0.6 is 0 Å². The lowest BCUT2D eigenvalue weighted by Gasteiger charge is -2.30. The van der Waals surface area contributed by atoms with Gasteiger partial charge in [-0.15, -0.1) is 0 Å². The van der Waals surface area contributed by atoms with Gasteiger partial charge in [-0.1, -0.05) is 18.2 Å². The minimum atomic E-state index is -0.518. The average Bonchev–Trinajstić information content (AvgIpc) is 2.87. The average molecular weight is 344 g/mol. The van der Waals surface area contributed by atoms with Gasteiger partial charge in [0.2, 0.25) is 0 Å². The summed E-state index contributed by atoms with van der Waals surface area (Å²) >= 11 is 0. The number of aromatic nitrogens is 1. The molecule has 2 heterocycles. The van der Waals surface area contributed by atoms with E-state index in [0.29, 0.717) is 19.5 Å². The summed E-state index contributed by atoms with van der Waals surface area (Å²) in [7, 11) is 1.39. The number of hydrogen-bond donors (Lipinski definition) is 0. The van der Waals surface area contributed by atoms with Crippen LogP contribution in [0.5, 0.6) is 0 Å². The first-order valence-corrected chi connectivity index (χ1v) is 8.44. The minimum Gasteiger partial charge on any atom is -0.468 e. The molecule has 1 aliphatic rings. The largest absolute Gasteiger partial charge is 0.468 e. The molecule has 6 heteroatoms. The van der Waals surface area contributed by atoms with Crippen molar-refractivity contribution in [1.29, 1.82) is 0 Å². The molecular formula is C19H24N2O4. The van der Waals surface area contributed by atoms with Crippen molar-refractivity contribution >= 4 is 23.0 Å². The van der Waals surface area contributed by atoms with Crippen LogP contribution in [0.25, 0.3) is 10.9 Å². The number of carbonyl (C=O) groups is 2. The lowest BCUT2D eigenvalue weighted by atomic mass is 10.0. The van der Waals surface area contributed by atoms with Crippen LogP contribution in [-0.4, -0.2) is 40.8 Å². The maximum atomic E-state index is 12.4. The monoisotopic (exact) mass is 344 g/mol. The summed E-state index contributed by atoms with van der Waals surface area (Å²) in [5.74, 6) is -0.280. The molecule has 25 heavy (non-hydrogen) atoms. The molecule has 0 saturated carbocycles. The van der Waals surface area contributed by atoms with Crippen LogP contribution in [0.2, 0.25) is 0 Å². The molecule has 134 valence electrons. The van der Waals surface area contributed by atoms with Crippen LogP contribution in [0, 0.1) is 0 Å². The first kappa shape index (κ1) is 17.3. The topological polar surface area (TPSA) is 60.8 Å². The molecular weight excluding hydrogens is 320 g/mol. The quantitative estimate of drug-likeness (QED) is 0.786. The van der Waals surface area contributed by atoms with Gasteiger partial charge in [0, 0.05) is 35.1 Å². The van der Waals surface area contributed by atoms with E-state index in [1.165, 1.54) is 7.11 Å².